The summed E-state index contributed by atoms with van der Waals surface area (Å²) in [7, 11) is 0. The summed E-state index contributed by atoms with van der Waals surface area (Å²) in [6.07, 6.45) is 9.28. The zero-order valence-electron chi connectivity index (χ0n) is 17.3. The van der Waals surface area contributed by atoms with Crippen LogP contribution in [0.4, 0.5) is 10.8 Å². The first kappa shape index (κ1) is 21.2. The number of aromatic nitrogens is 3. The van der Waals surface area contributed by atoms with Gasteiger partial charge in [-0.2, -0.15) is 0 Å². The molecular formula is C22H26N6O2S. The minimum Gasteiger partial charge on any atom is -0.337 e. The fraction of sp³-hybridized carbons (Fsp3) is 0.364. The van der Waals surface area contributed by atoms with Crippen molar-refractivity contribution in [2.45, 2.75) is 38.8 Å². The highest BCUT2D eigenvalue weighted by molar-refractivity contribution is 7.14. The molecule has 1 aliphatic heterocycles. The van der Waals surface area contributed by atoms with Crippen LogP contribution < -0.4 is 10.6 Å². The van der Waals surface area contributed by atoms with Crippen molar-refractivity contribution in [2.24, 2.45) is 0 Å². The number of benzene rings is 1. The number of hydrogen-bond donors (Lipinski definition) is 2. The van der Waals surface area contributed by atoms with Gasteiger partial charge >= 0.3 is 0 Å². The van der Waals surface area contributed by atoms with Crippen molar-refractivity contribution in [3.8, 4) is 0 Å². The molecule has 9 heteroatoms. The predicted octanol–water partition coefficient (Wildman–Crippen LogP) is 3.61. The lowest BCUT2D eigenvalue weighted by Gasteiger charge is -2.25. The maximum absolute atomic E-state index is 12.7. The summed E-state index contributed by atoms with van der Waals surface area (Å²) >= 11 is 1.43. The Morgan fingerprint density at radius 2 is 2.00 bits per heavy atom. The zero-order chi connectivity index (χ0) is 21.5. The van der Waals surface area contributed by atoms with E-state index in [0.717, 1.165) is 25.3 Å². The zero-order valence-corrected chi connectivity index (χ0v) is 18.1. The summed E-state index contributed by atoms with van der Waals surface area (Å²) in [6.45, 7) is 3.60. The van der Waals surface area contributed by atoms with E-state index < -0.39 is 0 Å². The van der Waals surface area contributed by atoms with E-state index in [1.54, 1.807) is 36.8 Å². The number of anilines is 2. The molecule has 0 aliphatic carbocycles. The maximum Gasteiger partial charge on any atom is 0.257 e. The number of imidazole rings is 1. The Labute approximate surface area is 185 Å². The van der Waals surface area contributed by atoms with Crippen LogP contribution in [0, 0.1) is 0 Å². The summed E-state index contributed by atoms with van der Waals surface area (Å²) in [6, 6.07) is 6.92. The quantitative estimate of drug-likeness (QED) is 0.561. The van der Waals surface area contributed by atoms with Gasteiger partial charge in [0.05, 0.1) is 12.0 Å². The molecule has 0 atom stereocenters. The Hall–Kier alpha value is -3.04. The lowest BCUT2D eigenvalue weighted by molar-refractivity contribution is -0.116. The van der Waals surface area contributed by atoms with Crippen LogP contribution in [-0.4, -0.2) is 44.3 Å². The molecule has 2 aromatic heterocycles. The van der Waals surface area contributed by atoms with E-state index in [2.05, 4.69) is 25.5 Å². The third kappa shape index (κ3) is 6.22. The average Bonchev–Trinajstić information content (AvgIpc) is 3.45. The third-order valence-corrected chi connectivity index (χ3v) is 5.98. The summed E-state index contributed by atoms with van der Waals surface area (Å²) in [4.78, 5) is 35.8. The molecule has 0 unspecified atom stereocenters. The van der Waals surface area contributed by atoms with Gasteiger partial charge in [-0.25, -0.2) is 9.97 Å². The fourth-order valence-electron chi connectivity index (χ4n) is 3.56. The van der Waals surface area contributed by atoms with Crippen LogP contribution in [0.2, 0.25) is 0 Å². The number of likely N-dealkylation sites (tertiary alicyclic amines) is 1. The SMILES string of the molecule is O=C(CCn1ccnc1)Nc1cccc(C(=O)Nc2nc(CN3CCCCC3)cs2)c1. The summed E-state index contributed by atoms with van der Waals surface area (Å²) in [5.41, 5.74) is 2.05. The fourth-order valence-corrected chi connectivity index (χ4v) is 4.26. The molecule has 4 rings (SSSR count). The Morgan fingerprint density at radius 1 is 1.13 bits per heavy atom. The maximum atomic E-state index is 12.7. The predicted molar refractivity (Wildman–Crippen MR) is 121 cm³/mol. The highest BCUT2D eigenvalue weighted by Gasteiger charge is 2.14. The van der Waals surface area contributed by atoms with E-state index in [1.165, 1.54) is 30.6 Å². The molecule has 3 aromatic rings. The van der Waals surface area contributed by atoms with Crippen LogP contribution in [0.3, 0.4) is 0 Å². The number of carbonyl (C=O) groups is 2. The molecule has 1 fully saturated rings. The lowest BCUT2D eigenvalue weighted by atomic mass is 10.1. The standard InChI is InChI=1S/C22H26N6O2S/c29-20(7-11-28-12-8-23-16-28)24-18-6-4-5-17(13-18)21(30)26-22-25-19(15-31-22)14-27-9-2-1-3-10-27/h4-6,8,12-13,15-16H,1-3,7,9-11,14H2,(H,24,29)(H,25,26,30). The summed E-state index contributed by atoms with van der Waals surface area (Å²) < 4.78 is 1.84. The van der Waals surface area contributed by atoms with Gasteiger partial charge in [0.15, 0.2) is 5.13 Å². The van der Waals surface area contributed by atoms with E-state index in [9.17, 15) is 9.59 Å². The van der Waals surface area contributed by atoms with E-state index in [4.69, 9.17) is 0 Å². The van der Waals surface area contributed by atoms with Gasteiger partial charge in [0, 0.05) is 48.5 Å². The number of nitrogens with zero attached hydrogens (tertiary/aromatic N) is 4. The van der Waals surface area contributed by atoms with Crippen LogP contribution in [0.25, 0.3) is 0 Å². The van der Waals surface area contributed by atoms with Crippen molar-refractivity contribution >= 4 is 34.0 Å². The van der Waals surface area contributed by atoms with Gasteiger partial charge in [-0.3, -0.25) is 19.8 Å². The number of aryl methyl sites for hydroxylation is 1. The van der Waals surface area contributed by atoms with Crippen molar-refractivity contribution in [2.75, 3.05) is 23.7 Å². The summed E-state index contributed by atoms with van der Waals surface area (Å²) in [5, 5.41) is 8.30. The van der Waals surface area contributed by atoms with Crippen molar-refractivity contribution in [1.82, 2.24) is 19.4 Å². The normalized spacial score (nSPS) is 14.3. The molecule has 0 saturated carbocycles. The van der Waals surface area contributed by atoms with Crippen molar-refractivity contribution in [1.29, 1.82) is 0 Å². The smallest absolute Gasteiger partial charge is 0.257 e. The number of rotatable bonds is 8. The Balaban J connectivity index is 1.30. The van der Waals surface area contributed by atoms with E-state index in [1.807, 2.05) is 16.1 Å². The van der Waals surface area contributed by atoms with Gasteiger partial charge in [-0.1, -0.05) is 12.5 Å². The Bertz CT molecular complexity index is 1010. The first-order valence-corrected chi connectivity index (χ1v) is 11.4. The summed E-state index contributed by atoms with van der Waals surface area (Å²) in [5.74, 6) is -0.359. The van der Waals surface area contributed by atoms with Crippen LogP contribution in [0.15, 0.2) is 48.4 Å². The molecule has 0 bridgehead atoms. The van der Waals surface area contributed by atoms with Gasteiger partial charge in [0.2, 0.25) is 5.91 Å². The second kappa shape index (κ2) is 10.3. The van der Waals surface area contributed by atoms with E-state index >= 15 is 0 Å². The van der Waals surface area contributed by atoms with E-state index in [0.29, 0.717) is 29.3 Å². The average molecular weight is 439 g/mol. The number of amides is 2. The van der Waals surface area contributed by atoms with Crippen LogP contribution in [0.1, 0.15) is 41.7 Å². The van der Waals surface area contributed by atoms with Crippen molar-refractivity contribution in [3.63, 3.8) is 0 Å². The molecule has 2 amide bonds. The van der Waals surface area contributed by atoms with Gasteiger partial charge < -0.3 is 9.88 Å². The highest BCUT2D eigenvalue weighted by Crippen LogP contribution is 2.20. The first-order valence-electron chi connectivity index (χ1n) is 10.5. The van der Waals surface area contributed by atoms with Gasteiger partial charge in [-0.15, -0.1) is 11.3 Å². The number of hydrogen-bond acceptors (Lipinski definition) is 6. The second-order valence-corrected chi connectivity index (χ2v) is 8.47. The van der Waals surface area contributed by atoms with Crippen LogP contribution >= 0.6 is 11.3 Å². The number of carbonyl (C=O) groups excluding carboxylic acids is 2. The number of piperidine rings is 1. The van der Waals surface area contributed by atoms with Crippen LogP contribution in [0.5, 0.6) is 0 Å². The Morgan fingerprint density at radius 3 is 2.81 bits per heavy atom. The molecule has 3 heterocycles. The van der Waals surface area contributed by atoms with Crippen molar-refractivity contribution < 1.29 is 9.59 Å². The Kier molecular flexibility index (Phi) is 7.06. The second-order valence-electron chi connectivity index (χ2n) is 7.61. The molecule has 8 nitrogen and oxygen atoms in total. The minimum atomic E-state index is -0.242. The molecule has 2 N–H and O–H groups in total. The first-order chi connectivity index (χ1) is 15.2. The molecular weight excluding hydrogens is 412 g/mol. The molecule has 0 spiro atoms. The lowest BCUT2D eigenvalue weighted by Crippen LogP contribution is -2.29. The molecule has 162 valence electrons. The van der Waals surface area contributed by atoms with Crippen LogP contribution in [-0.2, 0) is 17.9 Å². The number of thiazole rings is 1. The van der Waals surface area contributed by atoms with Crippen molar-refractivity contribution in [3.05, 3.63) is 59.6 Å². The topological polar surface area (TPSA) is 92.1 Å². The third-order valence-electron chi connectivity index (χ3n) is 5.17. The molecule has 0 radical (unpaired) electrons. The molecule has 1 aromatic carbocycles. The number of nitrogens with one attached hydrogen (secondary N) is 2. The monoisotopic (exact) mass is 438 g/mol. The van der Waals surface area contributed by atoms with Gasteiger partial charge in [0.1, 0.15) is 0 Å². The van der Waals surface area contributed by atoms with Gasteiger partial charge in [-0.05, 0) is 44.1 Å². The highest BCUT2D eigenvalue weighted by atomic mass is 32.1. The molecule has 1 aliphatic rings. The van der Waals surface area contributed by atoms with E-state index in [-0.39, 0.29) is 11.8 Å². The molecule has 31 heavy (non-hydrogen) atoms. The minimum absolute atomic E-state index is 0.117. The van der Waals surface area contributed by atoms with Gasteiger partial charge in [0.25, 0.3) is 5.91 Å². The molecule has 1 saturated heterocycles. The largest absolute Gasteiger partial charge is 0.337 e.